The smallest absolute Gasteiger partial charge is 0.258 e. The molecule has 5 rings (SSSR count). The molecule has 0 unspecified atom stereocenters. The lowest BCUT2D eigenvalue weighted by Crippen LogP contribution is -2.34. The Bertz CT molecular complexity index is 1270. The van der Waals surface area contributed by atoms with Crippen LogP contribution in [-0.4, -0.2) is 22.7 Å². The predicted octanol–water partition coefficient (Wildman–Crippen LogP) is 5.18. The largest absolute Gasteiger partial charge is 0.466 e. The van der Waals surface area contributed by atoms with E-state index in [-0.39, 0.29) is 18.6 Å². The number of carbonyl (C=O) groups is 1. The van der Waals surface area contributed by atoms with Crippen LogP contribution in [0.1, 0.15) is 35.6 Å². The molecule has 1 atom stereocenters. The minimum Gasteiger partial charge on any atom is -0.466 e. The lowest BCUT2D eigenvalue weighted by molar-refractivity contribution is -0.124. The van der Waals surface area contributed by atoms with Gasteiger partial charge in [0.05, 0.1) is 6.04 Å². The first-order chi connectivity index (χ1) is 15.7. The minimum atomic E-state index is -0.153. The lowest BCUT2D eigenvalue weighted by Gasteiger charge is -2.26. The van der Waals surface area contributed by atoms with Gasteiger partial charge in [-0.15, -0.1) is 10.2 Å². The SMILES string of the molecule is Cc1ccc(-c2nnc(OCC(=O)N[C@H]3CCCc4ccccc43)c3ccccc23)cc1. The fourth-order valence-corrected chi connectivity index (χ4v) is 4.38. The van der Waals surface area contributed by atoms with Gasteiger partial charge in [-0.1, -0.05) is 72.3 Å². The van der Waals surface area contributed by atoms with Crippen molar-refractivity contribution < 1.29 is 9.53 Å². The molecule has 1 aliphatic carbocycles. The van der Waals surface area contributed by atoms with Crippen LogP contribution < -0.4 is 10.1 Å². The highest BCUT2D eigenvalue weighted by molar-refractivity contribution is 5.97. The molecule has 0 spiro atoms. The van der Waals surface area contributed by atoms with E-state index in [2.05, 4.69) is 52.8 Å². The predicted molar refractivity (Wildman–Crippen MR) is 125 cm³/mol. The number of nitrogens with zero attached hydrogens (tertiary/aromatic N) is 2. The van der Waals surface area contributed by atoms with Gasteiger partial charge < -0.3 is 10.1 Å². The van der Waals surface area contributed by atoms with E-state index < -0.39 is 0 Å². The number of aromatic nitrogens is 2. The Balaban J connectivity index is 1.34. The van der Waals surface area contributed by atoms with Crippen molar-refractivity contribution in [1.82, 2.24) is 15.5 Å². The van der Waals surface area contributed by atoms with Crippen LogP contribution in [0.5, 0.6) is 5.88 Å². The van der Waals surface area contributed by atoms with Gasteiger partial charge in [-0.25, -0.2) is 0 Å². The zero-order valence-electron chi connectivity index (χ0n) is 18.0. The number of carbonyl (C=O) groups excluding carboxylic acids is 1. The van der Waals surface area contributed by atoms with Gasteiger partial charge in [0.15, 0.2) is 6.61 Å². The third-order valence-corrected chi connectivity index (χ3v) is 6.02. The molecule has 0 bridgehead atoms. The second kappa shape index (κ2) is 8.79. The molecular formula is C27H25N3O2. The van der Waals surface area contributed by atoms with E-state index in [0.717, 1.165) is 41.3 Å². The van der Waals surface area contributed by atoms with Crippen molar-refractivity contribution in [2.45, 2.75) is 32.2 Å². The molecule has 5 nitrogen and oxygen atoms in total. The molecule has 0 fully saturated rings. The van der Waals surface area contributed by atoms with Gasteiger partial charge in [0.25, 0.3) is 5.91 Å². The first kappa shape index (κ1) is 20.2. The van der Waals surface area contributed by atoms with Crippen LogP contribution >= 0.6 is 0 Å². The first-order valence-electron chi connectivity index (χ1n) is 11.0. The van der Waals surface area contributed by atoms with Crippen molar-refractivity contribution in [2.75, 3.05) is 6.61 Å². The Labute approximate surface area is 187 Å². The van der Waals surface area contributed by atoms with Crippen LogP contribution in [0.25, 0.3) is 22.0 Å². The van der Waals surface area contributed by atoms with Gasteiger partial charge in [0.2, 0.25) is 5.88 Å². The van der Waals surface area contributed by atoms with Crippen LogP contribution in [-0.2, 0) is 11.2 Å². The van der Waals surface area contributed by atoms with Crippen LogP contribution in [0.4, 0.5) is 0 Å². The molecule has 32 heavy (non-hydrogen) atoms. The highest BCUT2D eigenvalue weighted by atomic mass is 16.5. The number of nitrogens with one attached hydrogen (secondary N) is 1. The normalized spacial score (nSPS) is 15.2. The number of ether oxygens (including phenoxy) is 1. The first-order valence-corrected chi connectivity index (χ1v) is 11.0. The summed E-state index contributed by atoms with van der Waals surface area (Å²) < 4.78 is 5.83. The minimum absolute atomic E-state index is 0.0304. The average molecular weight is 424 g/mol. The van der Waals surface area contributed by atoms with E-state index in [1.807, 2.05) is 42.5 Å². The molecule has 1 amide bonds. The van der Waals surface area contributed by atoms with Gasteiger partial charge in [0, 0.05) is 16.3 Å². The Morgan fingerprint density at radius 2 is 1.72 bits per heavy atom. The van der Waals surface area contributed by atoms with Gasteiger partial charge in [-0.3, -0.25) is 4.79 Å². The van der Waals surface area contributed by atoms with E-state index in [1.165, 1.54) is 16.7 Å². The van der Waals surface area contributed by atoms with Crippen LogP contribution in [0.3, 0.4) is 0 Å². The molecule has 0 radical (unpaired) electrons. The molecule has 1 aliphatic rings. The Kier molecular flexibility index (Phi) is 5.55. The van der Waals surface area contributed by atoms with Crippen molar-refractivity contribution in [1.29, 1.82) is 0 Å². The molecule has 1 heterocycles. The van der Waals surface area contributed by atoms with E-state index >= 15 is 0 Å². The number of rotatable bonds is 5. The highest BCUT2D eigenvalue weighted by Crippen LogP contribution is 2.31. The van der Waals surface area contributed by atoms with Gasteiger partial charge in [-0.2, -0.15) is 0 Å². The molecule has 5 heteroatoms. The third-order valence-electron chi connectivity index (χ3n) is 6.02. The molecule has 0 saturated heterocycles. The summed E-state index contributed by atoms with van der Waals surface area (Å²) in [6.07, 6.45) is 3.07. The van der Waals surface area contributed by atoms with Crippen molar-refractivity contribution >= 4 is 16.7 Å². The summed E-state index contributed by atoms with van der Waals surface area (Å²) in [5, 5.41) is 13.6. The number of benzene rings is 3. The summed E-state index contributed by atoms with van der Waals surface area (Å²) in [5.74, 6) is 0.218. The fourth-order valence-electron chi connectivity index (χ4n) is 4.38. The number of fused-ring (bicyclic) bond motifs is 2. The third kappa shape index (κ3) is 4.06. The van der Waals surface area contributed by atoms with Crippen LogP contribution in [0.2, 0.25) is 0 Å². The van der Waals surface area contributed by atoms with Gasteiger partial charge in [0.1, 0.15) is 5.69 Å². The summed E-state index contributed by atoms with van der Waals surface area (Å²) in [5.41, 5.74) is 5.52. The summed E-state index contributed by atoms with van der Waals surface area (Å²) >= 11 is 0. The molecular weight excluding hydrogens is 398 g/mol. The average Bonchev–Trinajstić information content (AvgIpc) is 2.83. The van der Waals surface area contributed by atoms with Gasteiger partial charge >= 0.3 is 0 Å². The van der Waals surface area contributed by atoms with Crippen LogP contribution in [0, 0.1) is 6.92 Å². The molecule has 1 N–H and O–H groups in total. The van der Waals surface area contributed by atoms with Crippen molar-refractivity contribution in [2.24, 2.45) is 0 Å². The Hall–Kier alpha value is -3.73. The second-order valence-electron chi connectivity index (χ2n) is 8.27. The maximum Gasteiger partial charge on any atom is 0.258 e. The van der Waals surface area contributed by atoms with E-state index in [9.17, 15) is 4.79 Å². The molecule has 1 aromatic heterocycles. The zero-order chi connectivity index (χ0) is 21.9. The van der Waals surface area contributed by atoms with Gasteiger partial charge in [-0.05, 0) is 43.4 Å². The summed E-state index contributed by atoms with van der Waals surface area (Å²) in [7, 11) is 0. The van der Waals surface area contributed by atoms with E-state index in [1.54, 1.807) is 0 Å². The topological polar surface area (TPSA) is 64.1 Å². The Morgan fingerprint density at radius 3 is 2.56 bits per heavy atom. The van der Waals surface area contributed by atoms with E-state index in [0.29, 0.717) is 5.88 Å². The molecule has 4 aromatic rings. The molecule has 0 saturated carbocycles. The Morgan fingerprint density at radius 1 is 0.969 bits per heavy atom. The quantitative estimate of drug-likeness (QED) is 0.481. The maximum absolute atomic E-state index is 12.7. The summed E-state index contributed by atoms with van der Waals surface area (Å²) in [4.78, 5) is 12.7. The number of hydrogen-bond acceptors (Lipinski definition) is 4. The number of aryl methyl sites for hydroxylation is 2. The maximum atomic E-state index is 12.7. The molecule has 0 aliphatic heterocycles. The summed E-state index contributed by atoms with van der Waals surface area (Å²) in [6.45, 7) is 1.96. The van der Waals surface area contributed by atoms with Crippen LogP contribution in [0.15, 0.2) is 72.8 Å². The number of amides is 1. The zero-order valence-corrected chi connectivity index (χ0v) is 18.0. The van der Waals surface area contributed by atoms with Crippen molar-refractivity contribution in [3.05, 3.63) is 89.5 Å². The van der Waals surface area contributed by atoms with Crippen molar-refractivity contribution in [3.63, 3.8) is 0 Å². The number of hydrogen-bond donors (Lipinski definition) is 1. The van der Waals surface area contributed by atoms with E-state index in [4.69, 9.17) is 4.74 Å². The standard InChI is InChI=1S/C27H25N3O2/c1-18-13-15-20(16-14-18)26-22-10-4-5-11-23(22)27(30-29-26)32-17-25(31)28-24-12-6-8-19-7-2-3-9-21(19)24/h2-5,7,9-11,13-16,24H,6,8,12,17H2,1H3,(H,28,31)/t24-/m0/s1. The summed E-state index contributed by atoms with van der Waals surface area (Å²) in [6, 6.07) is 24.4. The highest BCUT2D eigenvalue weighted by Gasteiger charge is 2.22. The monoisotopic (exact) mass is 423 g/mol. The van der Waals surface area contributed by atoms with Crippen molar-refractivity contribution in [3.8, 4) is 17.1 Å². The lowest BCUT2D eigenvalue weighted by atomic mass is 9.88. The second-order valence-corrected chi connectivity index (χ2v) is 8.27. The molecule has 160 valence electrons. The molecule has 3 aromatic carbocycles. The fraction of sp³-hybridized carbons (Fsp3) is 0.222.